The van der Waals surface area contributed by atoms with Gasteiger partial charge in [-0.1, -0.05) is 0 Å². The van der Waals surface area contributed by atoms with E-state index in [2.05, 4.69) is 10.2 Å². The number of nitrogens with zero attached hydrogens (tertiary/aromatic N) is 3. The Hall–Kier alpha value is -1.65. The summed E-state index contributed by atoms with van der Waals surface area (Å²) >= 11 is 0. The summed E-state index contributed by atoms with van der Waals surface area (Å²) in [5, 5.41) is 17.4. The third-order valence-corrected chi connectivity index (χ3v) is 3.31. The Morgan fingerprint density at radius 1 is 1.18 bits per heavy atom. The van der Waals surface area contributed by atoms with Gasteiger partial charge in [0.2, 0.25) is 0 Å². The number of aromatic nitrogens is 2. The van der Waals surface area contributed by atoms with E-state index in [-0.39, 0.29) is 0 Å². The molecular formula is C12H17N3O2. The number of hydrogen-bond donors (Lipinski definition) is 1. The van der Waals surface area contributed by atoms with Crippen molar-refractivity contribution in [1.82, 2.24) is 10.2 Å². The number of aromatic carboxylic acids is 1. The minimum Gasteiger partial charge on any atom is -0.478 e. The summed E-state index contributed by atoms with van der Waals surface area (Å²) in [7, 11) is 0. The van der Waals surface area contributed by atoms with Crippen molar-refractivity contribution in [2.45, 2.75) is 33.1 Å². The molecule has 1 saturated heterocycles. The van der Waals surface area contributed by atoms with E-state index in [4.69, 9.17) is 0 Å². The largest absolute Gasteiger partial charge is 0.478 e. The van der Waals surface area contributed by atoms with Crippen LogP contribution in [0.15, 0.2) is 0 Å². The Kier molecular flexibility index (Phi) is 3.26. The van der Waals surface area contributed by atoms with E-state index in [9.17, 15) is 9.90 Å². The van der Waals surface area contributed by atoms with Crippen LogP contribution >= 0.6 is 0 Å². The molecule has 1 N–H and O–H groups in total. The molecule has 5 heteroatoms. The quantitative estimate of drug-likeness (QED) is 0.846. The molecular weight excluding hydrogens is 218 g/mol. The molecule has 0 aromatic carbocycles. The molecule has 1 aliphatic rings. The third kappa shape index (κ3) is 2.23. The first-order valence-electron chi connectivity index (χ1n) is 5.93. The number of anilines is 1. The number of carbonyl (C=O) groups is 1. The van der Waals surface area contributed by atoms with E-state index >= 15 is 0 Å². The van der Waals surface area contributed by atoms with Gasteiger partial charge in [-0.25, -0.2) is 4.79 Å². The standard InChI is InChI=1S/C12H17N3O2/c1-8-9(2)13-14-11(10(8)12(16)17)15-6-4-3-5-7-15/h3-7H2,1-2H3,(H,16,17). The topological polar surface area (TPSA) is 66.3 Å². The highest BCUT2D eigenvalue weighted by Crippen LogP contribution is 2.24. The predicted molar refractivity (Wildman–Crippen MR) is 64.5 cm³/mol. The second-order valence-electron chi connectivity index (χ2n) is 4.46. The van der Waals surface area contributed by atoms with Crippen LogP contribution in [0.25, 0.3) is 0 Å². The van der Waals surface area contributed by atoms with Crippen LogP contribution in [0.2, 0.25) is 0 Å². The molecule has 17 heavy (non-hydrogen) atoms. The Morgan fingerprint density at radius 3 is 2.41 bits per heavy atom. The molecule has 2 rings (SSSR count). The van der Waals surface area contributed by atoms with Crippen LogP contribution in [0, 0.1) is 13.8 Å². The second kappa shape index (κ2) is 4.69. The predicted octanol–water partition coefficient (Wildman–Crippen LogP) is 1.78. The smallest absolute Gasteiger partial charge is 0.339 e. The average Bonchev–Trinajstić information content (AvgIpc) is 2.33. The first kappa shape index (κ1) is 11.8. The van der Waals surface area contributed by atoms with Gasteiger partial charge in [0.05, 0.1) is 5.69 Å². The minimum absolute atomic E-state index is 0.305. The molecule has 0 unspecified atom stereocenters. The molecule has 1 aromatic heterocycles. The van der Waals surface area contributed by atoms with Crippen molar-refractivity contribution in [2.75, 3.05) is 18.0 Å². The van der Waals surface area contributed by atoms with Gasteiger partial charge < -0.3 is 10.0 Å². The van der Waals surface area contributed by atoms with Gasteiger partial charge in [0, 0.05) is 13.1 Å². The lowest BCUT2D eigenvalue weighted by molar-refractivity contribution is 0.0696. The molecule has 92 valence electrons. The van der Waals surface area contributed by atoms with Crippen LogP contribution < -0.4 is 4.90 Å². The van der Waals surface area contributed by atoms with Gasteiger partial charge in [0.15, 0.2) is 5.82 Å². The Morgan fingerprint density at radius 2 is 1.82 bits per heavy atom. The summed E-state index contributed by atoms with van der Waals surface area (Å²) in [4.78, 5) is 13.4. The summed E-state index contributed by atoms with van der Waals surface area (Å²) in [5.74, 6) is -0.388. The van der Waals surface area contributed by atoms with E-state index in [1.807, 2.05) is 4.90 Å². The number of carboxylic acid groups (broad SMARTS) is 1. The number of carboxylic acids is 1. The third-order valence-electron chi connectivity index (χ3n) is 3.31. The van der Waals surface area contributed by atoms with Crippen molar-refractivity contribution in [3.05, 3.63) is 16.8 Å². The number of rotatable bonds is 2. The molecule has 5 nitrogen and oxygen atoms in total. The van der Waals surface area contributed by atoms with E-state index in [1.54, 1.807) is 13.8 Å². The van der Waals surface area contributed by atoms with E-state index in [0.29, 0.717) is 22.6 Å². The molecule has 0 saturated carbocycles. The van der Waals surface area contributed by atoms with E-state index in [0.717, 1.165) is 25.9 Å². The van der Waals surface area contributed by atoms with Gasteiger partial charge >= 0.3 is 5.97 Å². The summed E-state index contributed by atoms with van der Waals surface area (Å²) < 4.78 is 0. The molecule has 1 aliphatic heterocycles. The normalized spacial score (nSPS) is 16.0. The highest BCUT2D eigenvalue weighted by atomic mass is 16.4. The highest BCUT2D eigenvalue weighted by Gasteiger charge is 2.23. The van der Waals surface area contributed by atoms with E-state index in [1.165, 1.54) is 6.42 Å². The maximum Gasteiger partial charge on any atom is 0.339 e. The Labute approximate surface area is 100 Å². The zero-order valence-corrected chi connectivity index (χ0v) is 10.2. The van der Waals surface area contributed by atoms with Crippen molar-refractivity contribution in [3.63, 3.8) is 0 Å². The molecule has 0 radical (unpaired) electrons. The zero-order chi connectivity index (χ0) is 12.4. The van der Waals surface area contributed by atoms with Gasteiger partial charge in [-0.05, 0) is 38.7 Å². The molecule has 0 atom stereocenters. The van der Waals surface area contributed by atoms with Crippen molar-refractivity contribution >= 4 is 11.8 Å². The summed E-state index contributed by atoms with van der Waals surface area (Å²) in [6.45, 7) is 5.32. The summed E-state index contributed by atoms with van der Waals surface area (Å²) in [6, 6.07) is 0. The zero-order valence-electron chi connectivity index (χ0n) is 10.2. The number of piperidine rings is 1. The average molecular weight is 235 g/mol. The Balaban J connectivity index is 2.45. The van der Waals surface area contributed by atoms with Crippen LogP contribution in [0.3, 0.4) is 0 Å². The summed E-state index contributed by atoms with van der Waals surface area (Å²) in [5.41, 5.74) is 1.70. The minimum atomic E-state index is -0.916. The van der Waals surface area contributed by atoms with Crippen LogP contribution in [0.4, 0.5) is 5.82 Å². The second-order valence-corrected chi connectivity index (χ2v) is 4.46. The van der Waals surface area contributed by atoms with Crippen molar-refractivity contribution in [1.29, 1.82) is 0 Å². The molecule has 0 aliphatic carbocycles. The lowest BCUT2D eigenvalue weighted by Gasteiger charge is -2.28. The van der Waals surface area contributed by atoms with Crippen molar-refractivity contribution in [2.24, 2.45) is 0 Å². The van der Waals surface area contributed by atoms with Crippen LogP contribution in [-0.2, 0) is 0 Å². The van der Waals surface area contributed by atoms with Gasteiger partial charge in [-0.2, -0.15) is 5.10 Å². The maximum absolute atomic E-state index is 11.3. The molecule has 1 fully saturated rings. The van der Waals surface area contributed by atoms with Crippen molar-refractivity contribution < 1.29 is 9.90 Å². The monoisotopic (exact) mass is 235 g/mol. The van der Waals surface area contributed by atoms with Gasteiger partial charge in [-0.15, -0.1) is 5.10 Å². The molecule has 2 heterocycles. The molecule has 0 bridgehead atoms. The van der Waals surface area contributed by atoms with E-state index < -0.39 is 5.97 Å². The summed E-state index contributed by atoms with van der Waals surface area (Å²) in [6.07, 6.45) is 3.39. The molecule has 0 amide bonds. The number of aryl methyl sites for hydroxylation is 1. The fraction of sp³-hybridized carbons (Fsp3) is 0.583. The number of hydrogen-bond acceptors (Lipinski definition) is 4. The fourth-order valence-electron chi connectivity index (χ4n) is 2.18. The van der Waals surface area contributed by atoms with Crippen LogP contribution in [-0.4, -0.2) is 34.4 Å². The first-order valence-corrected chi connectivity index (χ1v) is 5.93. The van der Waals surface area contributed by atoms with Gasteiger partial charge in [-0.3, -0.25) is 0 Å². The maximum atomic E-state index is 11.3. The highest BCUT2D eigenvalue weighted by molar-refractivity contribution is 5.95. The first-order chi connectivity index (χ1) is 8.11. The lowest BCUT2D eigenvalue weighted by atomic mass is 10.1. The van der Waals surface area contributed by atoms with Gasteiger partial charge in [0.1, 0.15) is 5.56 Å². The fourth-order valence-corrected chi connectivity index (χ4v) is 2.18. The van der Waals surface area contributed by atoms with Crippen molar-refractivity contribution in [3.8, 4) is 0 Å². The molecule has 1 aromatic rings. The SMILES string of the molecule is Cc1nnc(N2CCCCC2)c(C(=O)O)c1C. The lowest BCUT2D eigenvalue weighted by Crippen LogP contribution is -2.32. The molecule has 0 spiro atoms. The van der Waals surface area contributed by atoms with Gasteiger partial charge in [0.25, 0.3) is 0 Å². The van der Waals surface area contributed by atoms with Crippen LogP contribution in [0.1, 0.15) is 40.9 Å². The van der Waals surface area contributed by atoms with Crippen LogP contribution in [0.5, 0.6) is 0 Å². The Bertz CT molecular complexity index is 440.